The van der Waals surface area contributed by atoms with E-state index in [0.29, 0.717) is 17.7 Å². The van der Waals surface area contributed by atoms with Crippen molar-refractivity contribution in [3.63, 3.8) is 0 Å². The summed E-state index contributed by atoms with van der Waals surface area (Å²) in [6, 6.07) is 7.56. The van der Waals surface area contributed by atoms with Crippen LogP contribution in [0.25, 0.3) is 0 Å². The number of hydrogen-bond acceptors (Lipinski definition) is 3. The molecule has 8 heteroatoms. The fraction of sp³-hybridized carbons (Fsp3) is 0.235. The van der Waals surface area contributed by atoms with E-state index in [1.807, 2.05) is 0 Å². The Morgan fingerprint density at radius 2 is 1.84 bits per heavy atom. The lowest BCUT2D eigenvalue weighted by atomic mass is 10.1. The number of rotatable bonds is 3. The minimum absolute atomic E-state index is 0.198. The average molecular weight is 366 g/mol. The molecule has 0 radical (unpaired) electrons. The van der Waals surface area contributed by atoms with Crippen molar-refractivity contribution in [2.75, 3.05) is 15.9 Å². The SMILES string of the molecule is CC1Cc2cc(C(=O)Nc3c(F)cccc3F)ccc2N1S(C)(=O)=O. The van der Waals surface area contributed by atoms with Gasteiger partial charge in [0.1, 0.15) is 17.3 Å². The molecule has 25 heavy (non-hydrogen) atoms. The number of carbonyl (C=O) groups excluding carboxylic acids is 1. The van der Waals surface area contributed by atoms with Crippen LogP contribution in [-0.2, 0) is 16.4 Å². The molecule has 0 saturated carbocycles. The van der Waals surface area contributed by atoms with Gasteiger partial charge in [-0.25, -0.2) is 17.2 Å². The third-order valence-corrected chi connectivity index (χ3v) is 5.32. The van der Waals surface area contributed by atoms with Crippen LogP contribution < -0.4 is 9.62 Å². The molecule has 1 aliphatic rings. The summed E-state index contributed by atoms with van der Waals surface area (Å²) in [5.41, 5.74) is 0.895. The highest BCUT2D eigenvalue weighted by molar-refractivity contribution is 7.92. The molecule has 1 N–H and O–H groups in total. The van der Waals surface area contributed by atoms with Gasteiger partial charge in [0, 0.05) is 11.6 Å². The standard InChI is InChI=1S/C17H16F2N2O3S/c1-10-8-12-9-11(6-7-15(12)21(10)25(2,23)24)17(22)20-16-13(18)4-3-5-14(16)19/h3-7,9-10H,8H2,1-2H3,(H,20,22). The lowest BCUT2D eigenvalue weighted by Crippen LogP contribution is -2.34. The number of amides is 1. The van der Waals surface area contributed by atoms with Gasteiger partial charge in [-0.15, -0.1) is 0 Å². The van der Waals surface area contributed by atoms with Crippen LogP contribution in [0.1, 0.15) is 22.8 Å². The maximum Gasteiger partial charge on any atom is 0.255 e. The number of benzene rings is 2. The van der Waals surface area contributed by atoms with Crippen molar-refractivity contribution in [3.05, 3.63) is 59.2 Å². The minimum atomic E-state index is -3.42. The third-order valence-electron chi connectivity index (χ3n) is 4.05. The molecule has 2 aromatic rings. The van der Waals surface area contributed by atoms with Crippen LogP contribution in [0.4, 0.5) is 20.2 Å². The Bertz CT molecular complexity index is 940. The van der Waals surface area contributed by atoms with Crippen molar-refractivity contribution in [1.82, 2.24) is 0 Å². The number of hydrogen-bond donors (Lipinski definition) is 1. The van der Waals surface area contributed by atoms with Gasteiger partial charge >= 0.3 is 0 Å². The van der Waals surface area contributed by atoms with Gasteiger partial charge in [0.25, 0.3) is 5.91 Å². The third kappa shape index (κ3) is 3.21. The number of sulfonamides is 1. The summed E-state index contributed by atoms with van der Waals surface area (Å²) in [4.78, 5) is 12.3. The van der Waals surface area contributed by atoms with Crippen LogP contribution in [-0.4, -0.2) is 26.6 Å². The zero-order valence-electron chi connectivity index (χ0n) is 13.6. The summed E-state index contributed by atoms with van der Waals surface area (Å²) in [5, 5.41) is 2.22. The molecule has 0 saturated heterocycles. The van der Waals surface area contributed by atoms with Crippen molar-refractivity contribution in [1.29, 1.82) is 0 Å². The maximum absolute atomic E-state index is 13.7. The second-order valence-electron chi connectivity index (χ2n) is 6.01. The number of para-hydroxylation sites is 1. The second kappa shape index (κ2) is 6.11. The van der Waals surface area contributed by atoms with Crippen LogP contribution in [0.5, 0.6) is 0 Å². The van der Waals surface area contributed by atoms with E-state index < -0.39 is 33.3 Å². The van der Waals surface area contributed by atoms with Gasteiger partial charge in [-0.2, -0.15) is 0 Å². The Morgan fingerprint density at radius 1 is 1.20 bits per heavy atom. The summed E-state index contributed by atoms with van der Waals surface area (Å²) in [7, 11) is -3.42. The molecule has 3 rings (SSSR count). The zero-order valence-corrected chi connectivity index (χ0v) is 14.4. The van der Waals surface area contributed by atoms with Crippen LogP contribution in [0.15, 0.2) is 36.4 Å². The molecular weight excluding hydrogens is 350 g/mol. The van der Waals surface area contributed by atoms with E-state index in [0.717, 1.165) is 18.4 Å². The summed E-state index contributed by atoms with van der Waals surface area (Å²) >= 11 is 0. The average Bonchev–Trinajstić information content (AvgIpc) is 2.85. The van der Waals surface area contributed by atoms with E-state index in [9.17, 15) is 22.0 Å². The van der Waals surface area contributed by atoms with E-state index in [-0.39, 0.29) is 11.6 Å². The summed E-state index contributed by atoms with van der Waals surface area (Å²) in [6.45, 7) is 1.77. The highest BCUT2D eigenvalue weighted by Gasteiger charge is 2.32. The molecule has 0 fully saturated rings. The van der Waals surface area contributed by atoms with Gasteiger partial charge in [0.05, 0.1) is 11.9 Å². The summed E-state index contributed by atoms with van der Waals surface area (Å²) in [5.74, 6) is -2.41. The molecule has 0 spiro atoms. The zero-order chi connectivity index (χ0) is 18.4. The molecule has 2 aromatic carbocycles. The first-order chi connectivity index (χ1) is 11.7. The van der Waals surface area contributed by atoms with Gasteiger partial charge < -0.3 is 5.32 Å². The van der Waals surface area contributed by atoms with Crippen LogP contribution in [0.3, 0.4) is 0 Å². The lowest BCUT2D eigenvalue weighted by Gasteiger charge is -2.21. The van der Waals surface area contributed by atoms with E-state index >= 15 is 0 Å². The molecule has 132 valence electrons. The predicted octanol–water partition coefficient (Wildman–Crippen LogP) is 2.93. The number of halogens is 2. The van der Waals surface area contributed by atoms with Crippen molar-refractivity contribution >= 4 is 27.3 Å². The number of carbonyl (C=O) groups is 1. The van der Waals surface area contributed by atoms with Crippen LogP contribution in [0, 0.1) is 11.6 Å². The van der Waals surface area contributed by atoms with Gasteiger partial charge in [-0.3, -0.25) is 9.10 Å². The highest BCUT2D eigenvalue weighted by atomic mass is 32.2. The van der Waals surface area contributed by atoms with Gasteiger partial charge in [0.2, 0.25) is 10.0 Å². The van der Waals surface area contributed by atoms with Gasteiger partial charge in [0.15, 0.2) is 0 Å². The number of fused-ring (bicyclic) bond motifs is 1. The van der Waals surface area contributed by atoms with Crippen LogP contribution >= 0.6 is 0 Å². The van der Waals surface area contributed by atoms with Crippen molar-refractivity contribution in [2.24, 2.45) is 0 Å². The van der Waals surface area contributed by atoms with Crippen molar-refractivity contribution in [2.45, 2.75) is 19.4 Å². The van der Waals surface area contributed by atoms with E-state index in [1.165, 1.54) is 22.5 Å². The largest absolute Gasteiger partial charge is 0.317 e. The summed E-state index contributed by atoms with van der Waals surface area (Å²) < 4.78 is 52.4. The first-order valence-corrected chi connectivity index (χ1v) is 9.41. The monoisotopic (exact) mass is 366 g/mol. The lowest BCUT2D eigenvalue weighted by molar-refractivity contribution is 0.102. The number of nitrogens with zero attached hydrogens (tertiary/aromatic N) is 1. The topological polar surface area (TPSA) is 66.5 Å². The van der Waals surface area contributed by atoms with Crippen molar-refractivity contribution in [3.8, 4) is 0 Å². The second-order valence-corrected chi connectivity index (χ2v) is 7.87. The summed E-state index contributed by atoms with van der Waals surface area (Å²) in [6.07, 6.45) is 1.58. The number of nitrogens with one attached hydrogen (secondary N) is 1. The molecule has 1 atom stereocenters. The van der Waals surface area contributed by atoms with E-state index in [1.54, 1.807) is 13.0 Å². The van der Waals surface area contributed by atoms with E-state index in [2.05, 4.69) is 5.32 Å². The smallest absolute Gasteiger partial charge is 0.255 e. The molecular formula is C17H16F2N2O3S. The Balaban J connectivity index is 1.91. The Kier molecular flexibility index (Phi) is 4.24. The van der Waals surface area contributed by atoms with Gasteiger partial charge in [-0.05, 0) is 49.2 Å². The van der Waals surface area contributed by atoms with Crippen molar-refractivity contribution < 1.29 is 22.0 Å². The van der Waals surface area contributed by atoms with Crippen LogP contribution in [0.2, 0.25) is 0 Å². The number of anilines is 2. The first kappa shape index (κ1) is 17.3. The fourth-order valence-electron chi connectivity index (χ4n) is 3.05. The fourth-order valence-corrected chi connectivity index (χ4v) is 4.32. The molecule has 1 aliphatic heterocycles. The van der Waals surface area contributed by atoms with E-state index in [4.69, 9.17) is 0 Å². The predicted molar refractivity (Wildman–Crippen MR) is 91.2 cm³/mol. The van der Waals surface area contributed by atoms with Gasteiger partial charge in [-0.1, -0.05) is 6.07 Å². The highest BCUT2D eigenvalue weighted by Crippen LogP contribution is 2.34. The molecule has 1 unspecified atom stereocenters. The Labute approximate surface area is 144 Å². The maximum atomic E-state index is 13.7. The Morgan fingerprint density at radius 3 is 2.44 bits per heavy atom. The Hall–Kier alpha value is -2.48. The quantitative estimate of drug-likeness (QED) is 0.908. The molecule has 1 heterocycles. The first-order valence-electron chi connectivity index (χ1n) is 7.56. The molecule has 0 bridgehead atoms. The molecule has 1 amide bonds. The minimum Gasteiger partial charge on any atom is -0.317 e. The molecule has 0 aromatic heterocycles. The molecule has 0 aliphatic carbocycles. The normalized spacial score (nSPS) is 16.6. The molecule has 5 nitrogen and oxygen atoms in total.